The number of benzene rings is 1. The van der Waals surface area contributed by atoms with Crippen LogP contribution in [0.3, 0.4) is 0 Å². The molecule has 0 amide bonds. The number of carbonyl (C=O) groups is 4. The monoisotopic (exact) mass is 539 g/mol. The first-order valence-corrected chi connectivity index (χ1v) is 12.5. The van der Waals surface area contributed by atoms with E-state index in [2.05, 4.69) is 0 Å². The van der Waals surface area contributed by atoms with Crippen LogP contribution in [-0.2, 0) is 23.8 Å². The van der Waals surface area contributed by atoms with Gasteiger partial charge in [0.05, 0.1) is 24.7 Å². The molecule has 0 saturated heterocycles. The Bertz CT molecular complexity index is 967. The van der Waals surface area contributed by atoms with Crippen LogP contribution in [0.4, 0.5) is 9.59 Å². The van der Waals surface area contributed by atoms with Gasteiger partial charge in [0.15, 0.2) is 11.5 Å². The van der Waals surface area contributed by atoms with Crippen molar-refractivity contribution in [3.63, 3.8) is 0 Å². The summed E-state index contributed by atoms with van der Waals surface area (Å²) >= 11 is 0. The summed E-state index contributed by atoms with van der Waals surface area (Å²) in [4.78, 5) is 48.6. The van der Waals surface area contributed by atoms with E-state index in [9.17, 15) is 24.3 Å². The maximum Gasteiger partial charge on any atom is 0.513 e. The largest absolute Gasteiger partial charge is 0.513 e. The number of carboxylic acids is 1. The second kappa shape index (κ2) is 14.6. The van der Waals surface area contributed by atoms with Gasteiger partial charge in [-0.2, -0.15) is 0 Å². The van der Waals surface area contributed by atoms with Gasteiger partial charge >= 0.3 is 24.2 Å². The second-order valence-electron chi connectivity index (χ2n) is 11.0. The Balaban J connectivity index is 3.34. The molecule has 0 radical (unpaired) electrons. The van der Waals surface area contributed by atoms with Gasteiger partial charge in [0.2, 0.25) is 0 Å². The van der Waals surface area contributed by atoms with E-state index in [0.717, 1.165) is 0 Å². The number of carbonyl (C=O) groups excluding carboxylic acids is 3. The first-order valence-electron chi connectivity index (χ1n) is 12.5. The predicted octanol–water partition coefficient (Wildman–Crippen LogP) is 4.89. The van der Waals surface area contributed by atoms with Gasteiger partial charge in [0.1, 0.15) is 6.04 Å². The number of esters is 1. The molecule has 2 unspecified atom stereocenters. The van der Waals surface area contributed by atoms with Crippen LogP contribution < -0.4 is 15.2 Å². The van der Waals surface area contributed by atoms with Crippen molar-refractivity contribution in [1.29, 1.82) is 0 Å². The van der Waals surface area contributed by atoms with Crippen LogP contribution in [0.1, 0.15) is 73.3 Å². The molecule has 1 aromatic rings. The number of ether oxygens (including phenoxy) is 5. The molecule has 11 heteroatoms. The molecule has 0 aromatic heterocycles. The molecule has 0 fully saturated rings. The van der Waals surface area contributed by atoms with Crippen molar-refractivity contribution in [2.24, 2.45) is 23.0 Å². The highest BCUT2D eigenvalue weighted by atomic mass is 16.7. The summed E-state index contributed by atoms with van der Waals surface area (Å²) in [7, 11) is 0. The molecule has 38 heavy (non-hydrogen) atoms. The molecular weight excluding hydrogens is 498 g/mol. The van der Waals surface area contributed by atoms with Crippen molar-refractivity contribution in [3.8, 4) is 11.5 Å². The van der Waals surface area contributed by atoms with E-state index in [-0.39, 0.29) is 43.0 Å². The first-order chi connectivity index (χ1) is 17.5. The second-order valence-corrected chi connectivity index (χ2v) is 11.0. The van der Waals surface area contributed by atoms with Gasteiger partial charge in [-0.3, -0.25) is 9.59 Å². The first kappa shape index (κ1) is 32.7. The Morgan fingerprint density at radius 1 is 0.868 bits per heavy atom. The van der Waals surface area contributed by atoms with Gasteiger partial charge in [0, 0.05) is 5.92 Å². The molecule has 11 nitrogen and oxygen atoms in total. The van der Waals surface area contributed by atoms with Gasteiger partial charge in [-0.1, -0.05) is 33.8 Å². The van der Waals surface area contributed by atoms with Crippen molar-refractivity contribution in [2.45, 2.75) is 79.9 Å². The Morgan fingerprint density at radius 3 is 1.82 bits per heavy atom. The fourth-order valence-corrected chi connectivity index (χ4v) is 3.05. The number of hydrogen-bond donors (Lipinski definition) is 2. The molecule has 214 valence electrons. The number of nitrogens with two attached hydrogens (primary N) is 1. The topological polar surface area (TPSA) is 161 Å². The number of carboxylic acid groups (broad SMARTS) is 1. The van der Waals surface area contributed by atoms with Crippen LogP contribution in [-0.4, -0.2) is 54.7 Å². The zero-order chi connectivity index (χ0) is 29.2. The van der Waals surface area contributed by atoms with Crippen molar-refractivity contribution < 1.29 is 48.0 Å². The van der Waals surface area contributed by atoms with Crippen molar-refractivity contribution in [2.75, 3.05) is 13.2 Å². The maximum atomic E-state index is 12.3. The lowest BCUT2D eigenvalue weighted by atomic mass is 9.86. The average molecular weight is 540 g/mol. The highest BCUT2D eigenvalue weighted by Gasteiger charge is 2.32. The third kappa shape index (κ3) is 11.4. The van der Waals surface area contributed by atoms with Gasteiger partial charge in [-0.05, 0) is 63.6 Å². The minimum atomic E-state index is -1.38. The highest BCUT2D eigenvalue weighted by Crippen LogP contribution is 2.35. The number of hydrogen-bond acceptors (Lipinski definition) is 10. The zero-order valence-electron chi connectivity index (χ0n) is 23.4. The molecule has 0 bridgehead atoms. The SMILES string of the molecule is CC(C)COC(=O)Oc1ccc(C(CC(C)OC(=O)C(C)(C)C)[C@H](N)C(=O)O)cc1OC(=O)OCC(C)C. The molecule has 0 spiro atoms. The van der Waals surface area contributed by atoms with Crippen LogP contribution in [0.2, 0.25) is 0 Å². The normalized spacial score (nSPS) is 13.9. The molecule has 0 aliphatic rings. The fraction of sp³-hybridized carbons (Fsp3) is 0.630. The Hall–Kier alpha value is -3.34. The van der Waals surface area contributed by atoms with Crippen molar-refractivity contribution in [3.05, 3.63) is 23.8 Å². The van der Waals surface area contributed by atoms with E-state index in [1.54, 1.807) is 27.7 Å². The lowest BCUT2D eigenvalue weighted by Gasteiger charge is -2.27. The van der Waals surface area contributed by atoms with E-state index in [1.807, 2.05) is 27.7 Å². The minimum absolute atomic E-state index is 0.0471. The Morgan fingerprint density at radius 2 is 1.37 bits per heavy atom. The van der Waals surface area contributed by atoms with E-state index in [1.165, 1.54) is 18.2 Å². The van der Waals surface area contributed by atoms with Gasteiger partial charge in [-0.25, -0.2) is 9.59 Å². The summed E-state index contributed by atoms with van der Waals surface area (Å²) in [6.07, 6.45) is -2.67. The van der Waals surface area contributed by atoms with Crippen LogP contribution in [0, 0.1) is 17.3 Å². The van der Waals surface area contributed by atoms with Gasteiger partial charge in [0.25, 0.3) is 0 Å². The summed E-state index contributed by atoms with van der Waals surface area (Å²) in [6.45, 7) is 14.4. The van der Waals surface area contributed by atoms with E-state index in [0.29, 0.717) is 5.56 Å². The van der Waals surface area contributed by atoms with Crippen LogP contribution in [0.15, 0.2) is 18.2 Å². The van der Waals surface area contributed by atoms with E-state index >= 15 is 0 Å². The summed E-state index contributed by atoms with van der Waals surface area (Å²) < 4.78 is 26.1. The lowest BCUT2D eigenvalue weighted by Crippen LogP contribution is -2.39. The summed E-state index contributed by atoms with van der Waals surface area (Å²) in [5, 5.41) is 9.63. The highest BCUT2D eigenvalue weighted by molar-refractivity contribution is 5.76. The van der Waals surface area contributed by atoms with Crippen LogP contribution in [0.5, 0.6) is 11.5 Å². The molecule has 3 atom stereocenters. The third-order valence-corrected chi connectivity index (χ3v) is 5.08. The van der Waals surface area contributed by atoms with Gasteiger partial charge in [-0.15, -0.1) is 0 Å². The lowest BCUT2D eigenvalue weighted by molar-refractivity contribution is -0.158. The summed E-state index contributed by atoms with van der Waals surface area (Å²) in [5.74, 6) is -2.80. The molecule has 3 N–H and O–H groups in total. The Labute approximate surface area is 223 Å². The van der Waals surface area contributed by atoms with Crippen LogP contribution in [0.25, 0.3) is 0 Å². The fourth-order valence-electron chi connectivity index (χ4n) is 3.05. The standard InChI is InChI=1S/C27H41NO10/c1-15(2)13-34-25(32)37-20-10-9-18(12-21(20)38-26(33)35-14-16(3)4)19(22(28)23(29)30)11-17(5)36-24(31)27(6,7)8/h9-10,12,15-17,19,22H,11,13-14,28H2,1-8H3,(H,29,30)/t17?,19?,22-/m0/s1. The maximum absolute atomic E-state index is 12.3. The number of aliphatic carboxylic acids is 1. The van der Waals surface area contributed by atoms with E-state index < -0.39 is 47.7 Å². The molecule has 0 aliphatic heterocycles. The molecule has 1 aromatic carbocycles. The molecule has 1 rings (SSSR count). The molecule has 0 heterocycles. The zero-order valence-corrected chi connectivity index (χ0v) is 23.4. The quantitative estimate of drug-likeness (QED) is 0.211. The summed E-state index contributed by atoms with van der Waals surface area (Å²) in [6, 6.07) is 2.79. The summed E-state index contributed by atoms with van der Waals surface area (Å²) in [5.41, 5.74) is 5.60. The molecule has 0 aliphatic carbocycles. The smallest absolute Gasteiger partial charge is 0.480 e. The van der Waals surface area contributed by atoms with E-state index in [4.69, 9.17) is 29.4 Å². The van der Waals surface area contributed by atoms with Crippen molar-refractivity contribution in [1.82, 2.24) is 0 Å². The Kier molecular flexibility index (Phi) is 12.5. The minimum Gasteiger partial charge on any atom is -0.480 e. The van der Waals surface area contributed by atoms with Crippen LogP contribution >= 0.6 is 0 Å². The number of rotatable bonds is 12. The average Bonchev–Trinajstić information content (AvgIpc) is 2.79. The van der Waals surface area contributed by atoms with Crippen molar-refractivity contribution >= 4 is 24.2 Å². The predicted molar refractivity (Wildman–Crippen MR) is 138 cm³/mol. The third-order valence-electron chi connectivity index (χ3n) is 5.08. The molecular formula is C27H41NO10. The molecule has 0 saturated carbocycles. The van der Waals surface area contributed by atoms with Gasteiger partial charge < -0.3 is 34.5 Å².